The fourth-order valence-corrected chi connectivity index (χ4v) is 2.18. The highest BCUT2D eigenvalue weighted by atomic mass is 35.5. The number of thiophene rings is 1. The van der Waals surface area contributed by atoms with Gasteiger partial charge in [0.05, 0.1) is 0 Å². The smallest absolute Gasteiger partial charge is 0.227 e. The molecule has 1 unspecified atom stereocenters. The summed E-state index contributed by atoms with van der Waals surface area (Å²) >= 11 is 1.58. The molecule has 0 spiro atoms. The predicted octanol–water partition coefficient (Wildman–Crippen LogP) is 1.88. The van der Waals surface area contributed by atoms with Crippen LogP contribution in [-0.2, 0) is 11.2 Å². The molecule has 21 heavy (non-hydrogen) atoms. The molecule has 1 amide bonds. The van der Waals surface area contributed by atoms with Gasteiger partial charge < -0.3 is 15.2 Å². The Bertz CT molecular complexity index is 544. The molecule has 0 aromatic carbocycles. The van der Waals surface area contributed by atoms with Crippen molar-refractivity contribution in [1.82, 2.24) is 20.8 Å². The molecule has 0 aliphatic heterocycles. The van der Waals surface area contributed by atoms with Crippen molar-refractivity contribution in [2.45, 2.75) is 25.8 Å². The van der Waals surface area contributed by atoms with Crippen molar-refractivity contribution in [2.75, 3.05) is 13.6 Å². The Kier molecular flexibility index (Phi) is 7.35. The molecule has 0 bridgehead atoms. The molecular formula is C13H19ClN4O2S. The first-order chi connectivity index (χ1) is 9.69. The lowest BCUT2D eigenvalue weighted by molar-refractivity contribution is -0.121. The molecule has 0 radical (unpaired) electrons. The van der Waals surface area contributed by atoms with Crippen LogP contribution in [0.5, 0.6) is 0 Å². The van der Waals surface area contributed by atoms with E-state index >= 15 is 0 Å². The fraction of sp³-hybridized carbons (Fsp3) is 0.462. The molecule has 2 aromatic heterocycles. The number of hydrogen-bond donors (Lipinski definition) is 2. The number of carbonyl (C=O) groups is 1. The summed E-state index contributed by atoms with van der Waals surface area (Å²) in [5.41, 5.74) is 0.942. The number of hydrogen-bond acceptors (Lipinski definition) is 6. The van der Waals surface area contributed by atoms with Crippen molar-refractivity contribution >= 4 is 29.7 Å². The predicted molar refractivity (Wildman–Crippen MR) is 84.7 cm³/mol. The average molecular weight is 331 g/mol. The minimum atomic E-state index is -0.0117. The molecule has 8 heteroatoms. The molecule has 1 atom stereocenters. The summed E-state index contributed by atoms with van der Waals surface area (Å²) in [6, 6.07) is 2.19. The highest BCUT2D eigenvalue weighted by Gasteiger charge is 2.11. The summed E-state index contributed by atoms with van der Waals surface area (Å²) in [4.78, 5) is 15.9. The normalized spacial score (nSPS) is 11.7. The minimum Gasteiger partial charge on any atom is -0.355 e. The third-order valence-electron chi connectivity index (χ3n) is 2.91. The van der Waals surface area contributed by atoms with Crippen LogP contribution >= 0.6 is 23.7 Å². The summed E-state index contributed by atoms with van der Waals surface area (Å²) in [6.45, 7) is 2.62. The van der Waals surface area contributed by atoms with E-state index in [4.69, 9.17) is 4.52 Å². The largest absolute Gasteiger partial charge is 0.355 e. The quantitative estimate of drug-likeness (QED) is 0.810. The zero-order valence-corrected chi connectivity index (χ0v) is 13.6. The third-order valence-corrected chi connectivity index (χ3v) is 3.59. The first-order valence-electron chi connectivity index (χ1n) is 6.48. The van der Waals surface area contributed by atoms with Crippen molar-refractivity contribution in [2.24, 2.45) is 0 Å². The summed E-state index contributed by atoms with van der Waals surface area (Å²) in [7, 11) is 1.86. The van der Waals surface area contributed by atoms with E-state index in [1.54, 1.807) is 11.3 Å². The van der Waals surface area contributed by atoms with Gasteiger partial charge in [-0.1, -0.05) is 5.16 Å². The summed E-state index contributed by atoms with van der Waals surface area (Å²) < 4.78 is 5.14. The number of aromatic nitrogens is 2. The van der Waals surface area contributed by atoms with Crippen LogP contribution in [0.3, 0.4) is 0 Å². The number of nitrogens with one attached hydrogen (secondary N) is 2. The van der Waals surface area contributed by atoms with E-state index in [2.05, 4.69) is 20.8 Å². The maximum Gasteiger partial charge on any atom is 0.227 e. The Morgan fingerprint density at radius 2 is 2.33 bits per heavy atom. The van der Waals surface area contributed by atoms with Gasteiger partial charge in [0, 0.05) is 36.4 Å². The Balaban J connectivity index is 0.00000220. The van der Waals surface area contributed by atoms with Gasteiger partial charge in [0.15, 0.2) is 0 Å². The number of aryl methyl sites for hydroxylation is 1. The molecule has 2 N–H and O–H groups in total. The van der Waals surface area contributed by atoms with Crippen LogP contribution in [0.25, 0.3) is 11.4 Å². The Hall–Kier alpha value is -1.44. The molecule has 0 aliphatic carbocycles. The Morgan fingerprint density at radius 3 is 3.00 bits per heavy atom. The van der Waals surface area contributed by atoms with E-state index in [1.165, 1.54) is 0 Å². The van der Waals surface area contributed by atoms with Gasteiger partial charge in [0.2, 0.25) is 17.6 Å². The topological polar surface area (TPSA) is 80.0 Å². The zero-order chi connectivity index (χ0) is 14.4. The monoisotopic (exact) mass is 330 g/mol. The maximum absolute atomic E-state index is 11.6. The van der Waals surface area contributed by atoms with Gasteiger partial charge in [0.25, 0.3) is 0 Å². The lowest BCUT2D eigenvalue weighted by atomic mass is 10.2. The first kappa shape index (κ1) is 17.6. The van der Waals surface area contributed by atoms with Crippen LogP contribution in [0.2, 0.25) is 0 Å². The molecule has 116 valence electrons. The van der Waals surface area contributed by atoms with Crippen LogP contribution < -0.4 is 10.6 Å². The van der Waals surface area contributed by atoms with Crippen molar-refractivity contribution in [3.8, 4) is 11.4 Å². The van der Waals surface area contributed by atoms with E-state index < -0.39 is 0 Å². The first-order valence-corrected chi connectivity index (χ1v) is 7.42. The lowest BCUT2D eigenvalue weighted by Gasteiger charge is -2.10. The number of amides is 1. The molecule has 2 rings (SSSR count). The van der Waals surface area contributed by atoms with Crippen LogP contribution in [-0.4, -0.2) is 35.7 Å². The van der Waals surface area contributed by atoms with Crippen molar-refractivity contribution in [3.63, 3.8) is 0 Å². The number of halogens is 1. The molecule has 0 saturated heterocycles. The average Bonchev–Trinajstić information content (AvgIpc) is 3.12. The molecule has 2 aromatic rings. The molecule has 0 saturated carbocycles. The minimum absolute atomic E-state index is 0. The van der Waals surface area contributed by atoms with Gasteiger partial charge in [0.1, 0.15) is 0 Å². The van der Waals surface area contributed by atoms with E-state index in [1.807, 2.05) is 30.8 Å². The fourth-order valence-electron chi connectivity index (χ4n) is 1.54. The number of nitrogens with zero attached hydrogens (tertiary/aromatic N) is 2. The molecule has 2 heterocycles. The van der Waals surface area contributed by atoms with Gasteiger partial charge in [-0.3, -0.25) is 4.79 Å². The van der Waals surface area contributed by atoms with Crippen molar-refractivity contribution in [3.05, 3.63) is 22.7 Å². The SMILES string of the molecule is CNC(C)CNC(=O)CCc1nc(-c2ccsc2)no1.Cl. The van der Waals surface area contributed by atoms with Gasteiger partial charge in [-0.15, -0.1) is 12.4 Å². The van der Waals surface area contributed by atoms with E-state index in [0.717, 1.165) is 5.56 Å². The summed E-state index contributed by atoms with van der Waals surface area (Å²) in [5.74, 6) is 1.05. The van der Waals surface area contributed by atoms with E-state index in [-0.39, 0.29) is 24.4 Å². The molecule has 0 aliphatic rings. The summed E-state index contributed by atoms with van der Waals surface area (Å²) in [6.07, 6.45) is 0.804. The van der Waals surface area contributed by atoms with Gasteiger partial charge >= 0.3 is 0 Å². The third kappa shape index (κ3) is 5.45. The zero-order valence-electron chi connectivity index (χ0n) is 12.0. The molecular weight excluding hydrogens is 312 g/mol. The lowest BCUT2D eigenvalue weighted by Crippen LogP contribution is -2.37. The second-order valence-electron chi connectivity index (χ2n) is 4.52. The van der Waals surface area contributed by atoms with Crippen LogP contribution in [0.1, 0.15) is 19.2 Å². The molecule has 6 nitrogen and oxygen atoms in total. The molecule has 0 fully saturated rings. The highest BCUT2D eigenvalue weighted by molar-refractivity contribution is 7.08. The van der Waals surface area contributed by atoms with E-state index in [0.29, 0.717) is 31.1 Å². The Morgan fingerprint density at radius 1 is 1.52 bits per heavy atom. The number of likely N-dealkylation sites (N-methyl/N-ethyl adjacent to an activating group) is 1. The second-order valence-corrected chi connectivity index (χ2v) is 5.30. The van der Waals surface area contributed by atoms with Crippen molar-refractivity contribution < 1.29 is 9.32 Å². The Labute approximate surface area is 133 Å². The van der Waals surface area contributed by atoms with E-state index in [9.17, 15) is 4.79 Å². The maximum atomic E-state index is 11.6. The van der Waals surface area contributed by atoms with Crippen LogP contribution in [0.15, 0.2) is 21.3 Å². The number of carbonyl (C=O) groups excluding carboxylic acids is 1. The summed E-state index contributed by atoms with van der Waals surface area (Å²) in [5, 5.41) is 13.7. The van der Waals surface area contributed by atoms with Gasteiger partial charge in [-0.05, 0) is 25.4 Å². The van der Waals surface area contributed by atoms with Crippen LogP contribution in [0.4, 0.5) is 0 Å². The van der Waals surface area contributed by atoms with Gasteiger partial charge in [-0.25, -0.2) is 0 Å². The van der Waals surface area contributed by atoms with Gasteiger partial charge in [-0.2, -0.15) is 16.3 Å². The highest BCUT2D eigenvalue weighted by Crippen LogP contribution is 2.18. The second kappa shape index (κ2) is 8.76. The standard InChI is InChI=1S/C13H18N4O2S.ClH/c1-9(14-2)7-15-11(18)3-4-12-16-13(17-19-12)10-5-6-20-8-10;/h5-6,8-9,14H,3-4,7H2,1-2H3,(H,15,18);1H. The number of rotatable bonds is 7. The van der Waals surface area contributed by atoms with Crippen LogP contribution in [0, 0.1) is 0 Å². The van der Waals surface area contributed by atoms with Crippen molar-refractivity contribution in [1.29, 1.82) is 0 Å².